The van der Waals surface area contributed by atoms with Gasteiger partial charge in [-0.1, -0.05) is 0 Å². The highest BCUT2D eigenvalue weighted by Crippen LogP contribution is 2.13. The first-order chi connectivity index (χ1) is 9.69. The fourth-order valence-corrected chi connectivity index (χ4v) is 2.42. The molecule has 0 amide bonds. The summed E-state index contributed by atoms with van der Waals surface area (Å²) >= 11 is 0. The average Bonchev–Trinajstić information content (AvgIpc) is 2.64. The van der Waals surface area contributed by atoms with Crippen LogP contribution in [0.15, 0.2) is 24.3 Å². The van der Waals surface area contributed by atoms with Gasteiger partial charge in [0.1, 0.15) is 5.75 Å². The second-order valence-electron chi connectivity index (χ2n) is 5.15. The summed E-state index contributed by atoms with van der Waals surface area (Å²) in [5.41, 5.74) is 0.742. The Morgan fingerprint density at radius 3 is 2.85 bits per heavy atom. The Kier molecular flexibility index (Phi) is 5.56. The van der Waals surface area contributed by atoms with Crippen LogP contribution in [0.1, 0.15) is 30.6 Å². The summed E-state index contributed by atoms with van der Waals surface area (Å²) in [6.07, 6.45) is 1.19. The molecule has 1 fully saturated rings. The lowest BCUT2D eigenvalue weighted by Crippen LogP contribution is -2.34. The third-order valence-corrected chi connectivity index (χ3v) is 3.39. The van der Waals surface area contributed by atoms with Crippen LogP contribution in [0, 0.1) is 0 Å². The van der Waals surface area contributed by atoms with Crippen molar-refractivity contribution >= 4 is 5.78 Å². The minimum Gasteiger partial charge on any atom is -0.494 e. The van der Waals surface area contributed by atoms with E-state index >= 15 is 0 Å². The fourth-order valence-electron chi connectivity index (χ4n) is 2.42. The zero-order chi connectivity index (χ0) is 14.4. The number of benzene rings is 1. The van der Waals surface area contributed by atoms with E-state index in [1.54, 1.807) is 0 Å². The Labute approximate surface area is 120 Å². The Morgan fingerprint density at radius 2 is 2.15 bits per heavy atom. The van der Waals surface area contributed by atoms with Gasteiger partial charge in [-0.25, -0.2) is 0 Å². The van der Waals surface area contributed by atoms with E-state index in [4.69, 9.17) is 9.47 Å². The molecule has 1 unspecified atom stereocenters. The molecule has 0 saturated carbocycles. The summed E-state index contributed by atoms with van der Waals surface area (Å²) in [5, 5.41) is 0. The van der Waals surface area contributed by atoms with Crippen LogP contribution >= 0.6 is 0 Å². The van der Waals surface area contributed by atoms with Gasteiger partial charge >= 0.3 is 0 Å². The van der Waals surface area contributed by atoms with Crippen LogP contribution in [0.4, 0.5) is 0 Å². The molecule has 1 aromatic rings. The summed E-state index contributed by atoms with van der Waals surface area (Å²) in [5.74, 6) is 0.961. The minimum absolute atomic E-state index is 0.155. The number of ketones is 1. The van der Waals surface area contributed by atoms with E-state index in [1.165, 1.54) is 0 Å². The van der Waals surface area contributed by atoms with E-state index < -0.39 is 0 Å². The number of hydrogen-bond acceptors (Lipinski definition) is 4. The van der Waals surface area contributed by atoms with Gasteiger partial charge in [0.05, 0.1) is 19.3 Å². The van der Waals surface area contributed by atoms with Crippen LogP contribution < -0.4 is 4.74 Å². The second-order valence-corrected chi connectivity index (χ2v) is 5.15. The molecule has 2 rings (SSSR count). The van der Waals surface area contributed by atoms with Gasteiger partial charge in [0.15, 0.2) is 5.78 Å². The van der Waals surface area contributed by atoms with Crippen LogP contribution in [0.3, 0.4) is 0 Å². The Hall–Kier alpha value is -1.39. The highest BCUT2D eigenvalue weighted by molar-refractivity contribution is 5.97. The number of carbonyl (C=O) groups is 1. The van der Waals surface area contributed by atoms with Crippen molar-refractivity contribution in [1.82, 2.24) is 4.90 Å². The summed E-state index contributed by atoms with van der Waals surface area (Å²) in [4.78, 5) is 14.5. The van der Waals surface area contributed by atoms with Gasteiger partial charge in [0.2, 0.25) is 0 Å². The van der Waals surface area contributed by atoms with Gasteiger partial charge in [-0.3, -0.25) is 9.69 Å². The van der Waals surface area contributed by atoms with Crippen molar-refractivity contribution in [1.29, 1.82) is 0 Å². The van der Waals surface area contributed by atoms with Crippen LogP contribution in [0.5, 0.6) is 5.75 Å². The molecule has 0 aromatic heterocycles. The van der Waals surface area contributed by atoms with Crippen molar-refractivity contribution in [3.63, 3.8) is 0 Å². The van der Waals surface area contributed by atoms with Crippen molar-refractivity contribution in [3.05, 3.63) is 29.8 Å². The first-order valence-electron chi connectivity index (χ1n) is 7.29. The maximum Gasteiger partial charge on any atom is 0.176 e. The number of Topliss-reactive ketones (excluding diaryl/α,β-unsaturated/α-hetero) is 1. The van der Waals surface area contributed by atoms with E-state index in [2.05, 4.69) is 11.8 Å². The lowest BCUT2D eigenvalue weighted by atomic mass is 10.1. The first-order valence-corrected chi connectivity index (χ1v) is 7.29. The predicted octanol–water partition coefficient (Wildman–Crippen LogP) is 2.38. The standard InChI is InChI=1S/C16H23NO3/c1-3-19-15-7-5-14(6-8-15)16(18)12-17-9-4-10-20-13(2)11-17/h5-8,13H,3-4,9-12H2,1-2H3. The van der Waals surface area contributed by atoms with Crippen molar-refractivity contribution in [2.24, 2.45) is 0 Å². The van der Waals surface area contributed by atoms with Crippen molar-refractivity contribution in [2.75, 3.05) is 32.8 Å². The summed E-state index contributed by atoms with van der Waals surface area (Å²) in [6.45, 7) is 7.63. The highest BCUT2D eigenvalue weighted by atomic mass is 16.5. The van der Waals surface area contributed by atoms with Crippen LogP contribution in [0.25, 0.3) is 0 Å². The molecular weight excluding hydrogens is 254 g/mol. The van der Waals surface area contributed by atoms with E-state index in [-0.39, 0.29) is 11.9 Å². The summed E-state index contributed by atoms with van der Waals surface area (Å²) in [6, 6.07) is 7.38. The molecule has 1 heterocycles. The Bertz CT molecular complexity index is 430. The van der Waals surface area contributed by atoms with Crippen LogP contribution in [0.2, 0.25) is 0 Å². The highest BCUT2D eigenvalue weighted by Gasteiger charge is 2.18. The lowest BCUT2D eigenvalue weighted by molar-refractivity contribution is 0.0657. The number of rotatable bonds is 5. The molecule has 4 heteroatoms. The van der Waals surface area contributed by atoms with Gasteiger partial charge in [0, 0.05) is 25.3 Å². The number of nitrogens with zero attached hydrogens (tertiary/aromatic N) is 1. The van der Waals surface area contributed by atoms with Crippen LogP contribution in [-0.2, 0) is 4.74 Å². The third-order valence-electron chi connectivity index (χ3n) is 3.39. The Balaban J connectivity index is 1.93. The SMILES string of the molecule is CCOc1ccc(C(=O)CN2CCCOC(C)C2)cc1. The zero-order valence-electron chi connectivity index (χ0n) is 12.3. The van der Waals surface area contributed by atoms with Gasteiger partial charge in [-0.2, -0.15) is 0 Å². The summed E-state index contributed by atoms with van der Waals surface area (Å²) < 4.78 is 11.0. The van der Waals surface area contributed by atoms with E-state index in [1.807, 2.05) is 31.2 Å². The number of ether oxygens (including phenoxy) is 2. The molecule has 1 aliphatic rings. The van der Waals surface area contributed by atoms with Gasteiger partial charge < -0.3 is 9.47 Å². The van der Waals surface area contributed by atoms with E-state index in [0.717, 1.165) is 37.4 Å². The quantitative estimate of drug-likeness (QED) is 0.775. The van der Waals surface area contributed by atoms with E-state index in [0.29, 0.717) is 13.2 Å². The predicted molar refractivity (Wildman–Crippen MR) is 78.4 cm³/mol. The maximum atomic E-state index is 12.3. The average molecular weight is 277 g/mol. The molecule has 20 heavy (non-hydrogen) atoms. The molecule has 1 atom stereocenters. The molecule has 1 saturated heterocycles. The van der Waals surface area contributed by atoms with Gasteiger partial charge in [-0.05, 0) is 44.5 Å². The smallest absolute Gasteiger partial charge is 0.176 e. The fraction of sp³-hybridized carbons (Fsp3) is 0.562. The first kappa shape index (κ1) is 15.0. The molecule has 4 nitrogen and oxygen atoms in total. The molecule has 1 aromatic carbocycles. The third kappa shape index (κ3) is 4.32. The minimum atomic E-state index is 0.155. The largest absolute Gasteiger partial charge is 0.494 e. The number of hydrogen-bond donors (Lipinski definition) is 0. The molecule has 110 valence electrons. The molecule has 0 spiro atoms. The molecule has 1 aliphatic heterocycles. The van der Waals surface area contributed by atoms with Crippen molar-refractivity contribution < 1.29 is 14.3 Å². The van der Waals surface area contributed by atoms with Crippen molar-refractivity contribution in [3.8, 4) is 5.75 Å². The zero-order valence-corrected chi connectivity index (χ0v) is 12.3. The molecule has 0 bridgehead atoms. The Morgan fingerprint density at radius 1 is 1.40 bits per heavy atom. The summed E-state index contributed by atoms with van der Waals surface area (Å²) in [7, 11) is 0. The van der Waals surface area contributed by atoms with Crippen LogP contribution in [-0.4, -0.2) is 49.6 Å². The molecule has 0 radical (unpaired) electrons. The normalized spacial score (nSPS) is 20.4. The molecule has 0 N–H and O–H groups in total. The molecular formula is C16H23NO3. The van der Waals surface area contributed by atoms with Gasteiger partial charge in [0.25, 0.3) is 0 Å². The van der Waals surface area contributed by atoms with Gasteiger partial charge in [-0.15, -0.1) is 0 Å². The topological polar surface area (TPSA) is 38.8 Å². The maximum absolute atomic E-state index is 12.3. The monoisotopic (exact) mass is 277 g/mol. The van der Waals surface area contributed by atoms with Crippen molar-refractivity contribution in [2.45, 2.75) is 26.4 Å². The lowest BCUT2D eigenvalue weighted by Gasteiger charge is -2.20. The second kappa shape index (κ2) is 7.41. The molecule has 0 aliphatic carbocycles. The van der Waals surface area contributed by atoms with E-state index in [9.17, 15) is 4.79 Å². The number of carbonyl (C=O) groups excluding carboxylic acids is 1.